The van der Waals surface area contributed by atoms with E-state index in [1.807, 2.05) is 0 Å². The quantitative estimate of drug-likeness (QED) is 0.670. The van der Waals surface area contributed by atoms with Gasteiger partial charge in [-0.25, -0.2) is 0 Å². The molecule has 0 saturated heterocycles. The number of methoxy groups -OCH3 is 1. The first kappa shape index (κ1) is 11.7. The lowest BCUT2D eigenvalue weighted by molar-refractivity contribution is 0.188. The van der Waals surface area contributed by atoms with Gasteiger partial charge >= 0.3 is 0 Å². The number of nitrogens with zero attached hydrogens (tertiary/aromatic N) is 1. The van der Waals surface area contributed by atoms with Gasteiger partial charge in [-0.15, -0.1) is 0 Å². The molecule has 3 heteroatoms. The average Bonchev–Trinajstić information content (AvgIpc) is 2.23. The van der Waals surface area contributed by atoms with Crippen molar-refractivity contribution in [2.24, 2.45) is 5.73 Å². The van der Waals surface area contributed by atoms with Crippen LogP contribution in [0, 0.1) is 0 Å². The molecule has 1 unspecified atom stereocenters. The van der Waals surface area contributed by atoms with Gasteiger partial charge in [-0.3, -0.25) is 4.90 Å². The Kier molecular flexibility index (Phi) is 5.15. The highest BCUT2D eigenvalue weighted by Gasteiger charge is 2.17. The van der Waals surface area contributed by atoms with Crippen LogP contribution in [-0.4, -0.2) is 44.3 Å². The van der Waals surface area contributed by atoms with Crippen LogP contribution in [0.2, 0.25) is 0 Å². The van der Waals surface area contributed by atoms with Crippen LogP contribution in [-0.2, 0) is 4.74 Å². The number of nitrogens with two attached hydrogens (primary N) is 1. The van der Waals surface area contributed by atoms with E-state index in [1.165, 1.54) is 5.57 Å². The average molecular weight is 198 g/mol. The summed E-state index contributed by atoms with van der Waals surface area (Å²) in [6.45, 7) is 5.92. The van der Waals surface area contributed by atoms with E-state index in [9.17, 15) is 0 Å². The zero-order valence-corrected chi connectivity index (χ0v) is 9.33. The Morgan fingerprint density at radius 3 is 2.86 bits per heavy atom. The van der Waals surface area contributed by atoms with Crippen LogP contribution in [0.25, 0.3) is 0 Å². The lowest BCUT2D eigenvalue weighted by atomic mass is 10.1. The van der Waals surface area contributed by atoms with Crippen molar-refractivity contribution in [2.75, 3.05) is 33.4 Å². The summed E-state index contributed by atoms with van der Waals surface area (Å²) >= 11 is 0. The van der Waals surface area contributed by atoms with Crippen molar-refractivity contribution in [1.82, 2.24) is 4.90 Å². The van der Waals surface area contributed by atoms with Gasteiger partial charge in [0.2, 0.25) is 0 Å². The number of ether oxygens (including phenoxy) is 1. The van der Waals surface area contributed by atoms with Gasteiger partial charge in [-0.2, -0.15) is 0 Å². The van der Waals surface area contributed by atoms with Crippen molar-refractivity contribution in [2.45, 2.75) is 25.8 Å². The largest absolute Gasteiger partial charge is 0.380 e. The van der Waals surface area contributed by atoms with Crippen LogP contribution in [0.1, 0.15) is 19.8 Å². The maximum Gasteiger partial charge on any atom is 0.0673 e. The Morgan fingerprint density at radius 2 is 2.43 bits per heavy atom. The minimum atomic E-state index is 0.551. The van der Waals surface area contributed by atoms with Gasteiger partial charge in [0, 0.05) is 32.8 Å². The van der Waals surface area contributed by atoms with Crippen molar-refractivity contribution in [3.05, 3.63) is 11.6 Å². The topological polar surface area (TPSA) is 38.5 Å². The molecule has 0 spiro atoms. The Bertz CT molecular complexity index is 188. The van der Waals surface area contributed by atoms with Gasteiger partial charge in [0.15, 0.2) is 0 Å². The molecule has 0 aromatic rings. The predicted octanol–water partition coefficient (Wildman–Crippen LogP) is 1.00. The molecule has 1 heterocycles. The highest BCUT2D eigenvalue weighted by atomic mass is 16.5. The molecule has 14 heavy (non-hydrogen) atoms. The number of rotatable bonds is 5. The van der Waals surface area contributed by atoms with E-state index in [1.54, 1.807) is 7.11 Å². The molecule has 1 rings (SSSR count). The predicted molar refractivity (Wildman–Crippen MR) is 59.3 cm³/mol. The van der Waals surface area contributed by atoms with Gasteiger partial charge in [0.25, 0.3) is 0 Å². The molecule has 0 amide bonds. The molecule has 0 radical (unpaired) electrons. The maximum absolute atomic E-state index is 5.72. The fraction of sp³-hybridized carbons (Fsp3) is 0.818. The summed E-state index contributed by atoms with van der Waals surface area (Å²) in [4.78, 5) is 2.46. The van der Waals surface area contributed by atoms with Crippen molar-refractivity contribution in [3.63, 3.8) is 0 Å². The molecule has 3 nitrogen and oxygen atoms in total. The van der Waals surface area contributed by atoms with Crippen LogP contribution in [0.15, 0.2) is 11.6 Å². The van der Waals surface area contributed by atoms with Crippen molar-refractivity contribution in [1.29, 1.82) is 0 Å². The Hall–Kier alpha value is -0.380. The summed E-state index contributed by atoms with van der Waals surface area (Å²) in [5.41, 5.74) is 7.15. The Labute approximate surface area is 86.9 Å². The molecule has 1 atom stereocenters. The van der Waals surface area contributed by atoms with E-state index < -0.39 is 0 Å². The maximum atomic E-state index is 5.72. The molecule has 2 N–H and O–H groups in total. The second-order valence-corrected chi connectivity index (χ2v) is 3.84. The standard InChI is InChI=1S/C11H22N2O/c1-3-11(8-12)13-6-4-10(5-7-13)9-14-2/h4,11H,3,5-9,12H2,1-2H3. The van der Waals surface area contributed by atoms with E-state index in [-0.39, 0.29) is 0 Å². The summed E-state index contributed by atoms with van der Waals surface area (Å²) in [6, 6.07) is 0.551. The van der Waals surface area contributed by atoms with E-state index in [4.69, 9.17) is 10.5 Å². The zero-order valence-electron chi connectivity index (χ0n) is 9.33. The lowest BCUT2D eigenvalue weighted by Gasteiger charge is -2.32. The molecule has 1 aliphatic rings. The van der Waals surface area contributed by atoms with Crippen molar-refractivity contribution < 1.29 is 4.74 Å². The molecule has 0 bridgehead atoms. The smallest absolute Gasteiger partial charge is 0.0673 e. The van der Waals surface area contributed by atoms with Crippen molar-refractivity contribution in [3.8, 4) is 0 Å². The third kappa shape index (κ3) is 3.08. The van der Waals surface area contributed by atoms with Gasteiger partial charge in [0.05, 0.1) is 6.61 Å². The van der Waals surface area contributed by atoms with Crippen LogP contribution < -0.4 is 5.73 Å². The second kappa shape index (κ2) is 6.17. The molecule has 1 aliphatic heterocycles. The highest BCUT2D eigenvalue weighted by Crippen LogP contribution is 2.14. The minimum absolute atomic E-state index is 0.551. The van der Waals surface area contributed by atoms with Gasteiger partial charge in [-0.05, 0) is 18.4 Å². The highest BCUT2D eigenvalue weighted by molar-refractivity contribution is 5.08. The second-order valence-electron chi connectivity index (χ2n) is 3.84. The van der Waals surface area contributed by atoms with Crippen LogP contribution in [0.5, 0.6) is 0 Å². The Balaban J connectivity index is 2.40. The molecule has 0 aliphatic carbocycles. The van der Waals surface area contributed by atoms with Gasteiger partial charge < -0.3 is 10.5 Å². The molecule has 0 fully saturated rings. The molecule has 0 aromatic carbocycles. The van der Waals surface area contributed by atoms with Gasteiger partial charge in [0.1, 0.15) is 0 Å². The Morgan fingerprint density at radius 1 is 1.64 bits per heavy atom. The van der Waals surface area contributed by atoms with Crippen LogP contribution >= 0.6 is 0 Å². The molecule has 0 saturated carbocycles. The van der Waals surface area contributed by atoms with Gasteiger partial charge in [-0.1, -0.05) is 13.0 Å². The molecular formula is C11H22N2O. The molecule has 82 valence electrons. The van der Waals surface area contributed by atoms with Crippen molar-refractivity contribution >= 4 is 0 Å². The summed E-state index contributed by atoms with van der Waals surface area (Å²) in [5, 5.41) is 0. The van der Waals surface area contributed by atoms with Crippen LogP contribution in [0.3, 0.4) is 0 Å². The molecular weight excluding hydrogens is 176 g/mol. The lowest BCUT2D eigenvalue weighted by Crippen LogP contribution is -2.42. The third-order valence-electron chi connectivity index (χ3n) is 2.92. The normalized spacial score (nSPS) is 20.6. The first-order chi connectivity index (χ1) is 6.81. The first-order valence-electron chi connectivity index (χ1n) is 5.42. The first-order valence-corrected chi connectivity index (χ1v) is 5.42. The summed E-state index contributed by atoms with van der Waals surface area (Å²) in [5.74, 6) is 0. The fourth-order valence-electron chi connectivity index (χ4n) is 1.95. The monoisotopic (exact) mass is 198 g/mol. The zero-order chi connectivity index (χ0) is 10.4. The van der Waals surface area contributed by atoms with E-state index in [0.717, 1.165) is 39.1 Å². The fourth-order valence-corrected chi connectivity index (χ4v) is 1.95. The van der Waals surface area contributed by atoms with E-state index in [0.29, 0.717) is 6.04 Å². The summed E-state index contributed by atoms with van der Waals surface area (Å²) in [7, 11) is 1.75. The summed E-state index contributed by atoms with van der Waals surface area (Å²) < 4.78 is 5.12. The molecule has 0 aromatic heterocycles. The van der Waals surface area contributed by atoms with E-state index in [2.05, 4.69) is 17.9 Å². The van der Waals surface area contributed by atoms with E-state index >= 15 is 0 Å². The minimum Gasteiger partial charge on any atom is -0.380 e. The van der Waals surface area contributed by atoms with Crippen LogP contribution in [0.4, 0.5) is 0 Å². The third-order valence-corrected chi connectivity index (χ3v) is 2.92. The summed E-state index contributed by atoms with van der Waals surface area (Å²) in [6.07, 6.45) is 4.56. The SMILES string of the molecule is CCC(CN)N1CC=C(COC)CC1. The number of hydrogen-bond acceptors (Lipinski definition) is 3. The number of hydrogen-bond donors (Lipinski definition) is 1.